The highest BCUT2D eigenvalue weighted by atomic mass is 127. The van der Waals surface area contributed by atoms with Crippen LogP contribution in [0.5, 0.6) is 0 Å². The van der Waals surface area contributed by atoms with Crippen LogP contribution in [0, 0.1) is 16.3 Å². The van der Waals surface area contributed by atoms with Crippen molar-refractivity contribution in [2.75, 3.05) is 7.05 Å². The van der Waals surface area contributed by atoms with Crippen LogP contribution < -0.4 is 5.32 Å². The van der Waals surface area contributed by atoms with Crippen LogP contribution in [0.1, 0.15) is 22.7 Å². The molecule has 0 radical (unpaired) electrons. The first-order chi connectivity index (χ1) is 9.11. The molecular weight excluding hydrogens is 352 g/mol. The maximum absolute atomic E-state index is 13.1. The first kappa shape index (κ1) is 14.5. The van der Waals surface area contributed by atoms with Crippen molar-refractivity contribution in [1.82, 2.24) is 5.32 Å². The molecule has 0 saturated heterocycles. The van der Waals surface area contributed by atoms with Crippen molar-refractivity contribution in [3.05, 3.63) is 68.5 Å². The van der Waals surface area contributed by atoms with Gasteiger partial charge in [-0.3, -0.25) is 0 Å². The van der Waals surface area contributed by atoms with Gasteiger partial charge in [-0.05, 0) is 77.9 Å². The molecule has 2 rings (SSSR count). The van der Waals surface area contributed by atoms with E-state index in [9.17, 15) is 4.39 Å². The van der Waals surface area contributed by atoms with E-state index >= 15 is 0 Å². The Kier molecular flexibility index (Phi) is 4.93. The molecule has 0 spiro atoms. The molecule has 0 saturated carbocycles. The molecule has 1 atom stereocenters. The van der Waals surface area contributed by atoms with Gasteiger partial charge in [-0.1, -0.05) is 24.3 Å². The molecule has 0 aliphatic carbocycles. The summed E-state index contributed by atoms with van der Waals surface area (Å²) in [5.41, 5.74) is 3.47. The summed E-state index contributed by atoms with van der Waals surface area (Å²) in [5, 5.41) is 3.35. The lowest BCUT2D eigenvalue weighted by Crippen LogP contribution is -2.20. The van der Waals surface area contributed by atoms with Gasteiger partial charge in [0.05, 0.1) is 0 Å². The zero-order valence-corrected chi connectivity index (χ0v) is 13.2. The Labute approximate surface area is 127 Å². The van der Waals surface area contributed by atoms with E-state index in [1.807, 2.05) is 26.1 Å². The predicted molar refractivity (Wildman–Crippen MR) is 85.8 cm³/mol. The van der Waals surface area contributed by atoms with Crippen molar-refractivity contribution in [3.63, 3.8) is 0 Å². The minimum absolute atomic E-state index is 0.170. The van der Waals surface area contributed by atoms with Gasteiger partial charge < -0.3 is 5.32 Å². The van der Waals surface area contributed by atoms with E-state index in [1.54, 1.807) is 6.07 Å². The largest absolute Gasteiger partial charge is 0.313 e. The molecule has 1 nitrogen and oxygen atoms in total. The van der Waals surface area contributed by atoms with E-state index in [4.69, 9.17) is 0 Å². The number of benzene rings is 2. The topological polar surface area (TPSA) is 12.0 Å². The third kappa shape index (κ3) is 3.54. The first-order valence-corrected chi connectivity index (χ1v) is 7.36. The summed E-state index contributed by atoms with van der Waals surface area (Å²) >= 11 is 2.36. The second-order valence-electron chi connectivity index (χ2n) is 4.64. The van der Waals surface area contributed by atoms with Gasteiger partial charge in [-0.2, -0.15) is 0 Å². The molecule has 100 valence electrons. The molecule has 0 bridgehead atoms. The number of aryl methyl sites for hydroxylation is 1. The minimum atomic E-state index is -0.170. The van der Waals surface area contributed by atoms with Crippen LogP contribution in [0.15, 0.2) is 42.5 Å². The molecule has 0 amide bonds. The average Bonchev–Trinajstić information content (AvgIpc) is 2.39. The standard InChI is InChI=1S/C16H17FIN/c1-11-9-13(17)8-7-12(11)10-16(19-2)14-5-3-4-6-15(14)18/h3-9,16,19H,10H2,1-2H3. The molecule has 2 aromatic carbocycles. The molecular formula is C16H17FIN. The molecule has 0 aliphatic heterocycles. The maximum Gasteiger partial charge on any atom is 0.123 e. The third-order valence-electron chi connectivity index (χ3n) is 3.36. The Bertz CT molecular complexity index is 568. The SMILES string of the molecule is CNC(Cc1ccc(F)cc1C)c1ccccc1I. The summed E-state index contributed by atoms with van der Waals surface area (Å²) in [5.74, 6) is -0.170. The Hall–Kier alpha value is -0.940. The molecule has 0 fully saturated rings. The number of hydrogen-bond acceptors (Lipinski definition) is 1. The van der Waals surface area contributed by atoms with Gasteiger partial charge in [0, 0.05) is 9.61 Å². The van der Waals surface area contributed by atoms with Gasteiger partial charge in [-0.25, -0.2) is 4.39 Å². The second-order valence-corrected chi connectivity index (χ2v) is 5.80. The van der Waals surface area contributed by atoms with Crippen molar-refractivity contribution in [1.29, 1.82) is 0 Å². The molecule has 0 heterocycles. The molecule has 0 aliphatic rings. The van der Waals surface area contributed by atoms with Crippen LogP contribution in [0.3, 0.4) is 0 Å². The molecule has 0 aromatic heterocycles. The highest BCUT2D eigenvalue weighted by Gasteiger charge is 2.14. The Morgan fingerprint density at radius 1 is 1.21 bits per heavy atom. The van der Waals surface area contributed by atoms with Gasteiger partial charge in [0.15, 0.2) is 0 Å². The zero-order valence-electron chi connectivity index (χ0n) is 11.1. The number of nitrogens with one attached hydrogen (secondary N) is 1. The van der Waals surface area contributed by atoms with Crippen LogP contribution in [0.25, 0.3) is 0 Å². The third-order valence-corrected chi connectivity index (χ3v) is 4.34. The van der Waals surface area contributed by atoms with Crippen molar-refractivity contribution in [2.45, 2.75) is 19.4 Å². The van der Waals surface area contributed by atoms with Gasteiger partial charge in [0.1, 0.15) is 5.82 Å². The van der Waals surface area contributed by atoms with Crippen molar-refractivity contribution >= 4 is 22.6 Å². The van der Waals surface area contributed by atoms with Crippen LogP contribution in [0.4, 0.5) is 4.39 Å². The summed E-state index contributed by atoms with van der Waals surface area (Å²) < 4.78 is 14.4. The number of halogens is 2. The van der Waals surface area contributed by atoms with Crippen LogP contribution in [-0.4, -0.2) is 7.05 Å². The van der Waals surface area contributed by atoms with Crippen molar-refractivity contribution < 1.29 is 4.39 Å². The fourth-order valence-corrected chi connectivity index (χ4v) is 3.00. The van der Waals surface area contributed by atoms with E-state index in [0.717, 1.165) is 12.0 Å². The normalized spacial score (nSPS) is 12.4. The van der Waals surface area contributed by atoms with E-state index in [0.29, 0.717) is 0 Å². The Morgan fingerprint density at radius 2 is 1.95 bits per heavy atom. The van der Waals surface area contributed by atoms with Crippen molar-refractivity contribution in [3.8, 4) is 0 Å². The monoisotopic (exact) mass is 369 g/mol. The lowest BCUT2D eigenvalue weighted by molar-refractivity contribution is 0.584. The van der Waals surface area contributed by atoms with Gasteiger partial charge >= 0.3 is 0 Å². The molecule has 19 heavy (non-hydrogen) atoms. The Morgan fingerprint density at radius 3 is 2.58 bits per heavy atom. The number of likely N-dealkylation sites (N-methyl/N-ethyl adjacent to an activating group) is 1. The second kappa shape index (κ2) is 6.48. The molecule has 1 N–H and O–H groups in total. The van der Waals surface area contributed by atoms with Gasteiger partial charge in [0.25, 0.3) is 0 Å². The van der Waals surface area contributed by atoms with Crippen LogP contribution in [-0.2, 0) is 6.42 Å². The van der Waals surface area contributed by atoms with E-state index in [2.05, 4.69) is 46.1 Å². The van der Waals surface area contributed by atoms with E-state index in [1.165, 1.54) is 20.8 Å². The van der Waals surface area contributed by atoms with Crippen LogP contribution in [0.2, 0.25) is 0 Å². The number of hydrogen-bond donors (Lipinski definition) is 1. The average molecular weight is 369 g/mol. The molecule has 1 unspecified atom stereocenters. The summed E-state index contributed by atoms with van der Waals surface area (Å²) in [6, 6.07) is 13.6. The predicted octanol–water partition coefficient (Wildman–Crippen LogP) is 4.24. The smallest absolute Gasteiger partial charge is 0.123 e. The lowest BCUT2D eigenvalue weighted by Gasteiger charge is -2.19. The van der Waals surface area contributed by atoms with Crippen molar-refractivity contribution in [2.24, 2.45) is 0 Å². The highest BCUT2D eigenvalue weighted by molar-refractivity contribution is 14.1. The summed E-state index contributed by atoms with van der Waals surface area (Å²) in [7, 11) is 1.96. The summed E-state index contributed by atoms with van der Waals surface area (Å²) in [4.78, 5) is 0. The fourth-order valence-electron chi connectivity index (χ4n) is 2.23. The fraction of sp³-hybridized carbons (Fsp3) is 0.250. The van der Waals surface area contributed by atoms with E-state index < -0.39 is 0 Å². The lowest BCUT2D eigenvalue weighted by atomic mass is 9.96. The first-order valence-electron chi connectivity index (χ1n) is 6.28. The van der Waals surface area contributed by atoms with Crippen LogP contribution >= 0.6 is 22.6 Å². The minimum Gasteiger partial charge on any atom is -0.313 e. The summed E-state index contributed by atoms with van der Waals surface area (Å²) in [6.45, 7) is 1.96. The van der Waals surface area contributed by atoms with Gasteiger partial charge in [-0.15, -0.1) is 0 Å². The Balaban J connectivity index is 2.27. The zero-order chi connectivity index (χ0) is 13.8. The quantitative estimate of drug-likeness (QED) is 0.795. The van der Waals surface area contributed by atoms with Gasteiger partial charge in [0.2, 0.25) is 0 Å². The summed E-state index contributed by atoms with van der Waals surface area (Å²) in [6.07, 6.45) is 0.864. The number of rotatable bonds is 4. The molecule has 2 aromatic rings. The van der Waals surface area contributed by atoms with E-state index in [-0.39, 0.29) is 11.9 Å². The molecule has 3 heteroatoms. The highest BCUT2D eigenvalue weighted by Crippen LogP contribution is 2.24. The maximum atomic E-state index is 13.1.